The minimum Gasteiger partial charge on any atom is -0.508 e. The molecule has 7 heteroatoms. The van der Waals surface area contributed by atoms with Gasteiger partial charge in [-0.3, -0.25) is 0 Å². The van der Waals surface area contributed by atoms with Gasteiger partial charge in [-0.05, 0) is 42.5 Å². The van der Waals surface area contributed by atoms with Crippen molar-refractivity contribution in [2.24, 2.45) is 4.76 Å². The first-order valence-corrected chi connectivity index (χ1v) is 8.85. The van der Waals surface area contributed by atoms with Gasteiger partial charge in [-0.15, -0.1) is 0 Å². The molecule has 0 aromatic heterocycles. The molecular formula is C16H20NO5P. The summed E-state index contributed by atoms with van der Waals surface area (Å²) in [5.41, 5.74) is 1.65. The quantitative estimate of drug-likeness (QED) is 0.614. The van der Waals surface area contributed by atoms with Crippen LogP contribution >= 0.6 is 7.75 Å². The van der Waals surface area contributed by atoms with Gasteiger partial charge in [-0.2, -0.15) is 4.76 Å². The fraction of sp³-hybridized carbons (Fsp3) is 0.312. The van der Waals surface area contributed by atoms with Crippen LogP contribution in [0.5, 0.6) is 5.75 Å². The van der Waals surface area contributed by atoms with E-state index in [4.69, 9.17) is 9.79 Å². The van der Waals surface area contributed by atoms with Gasteiger partial charge in [0.2, 0.25) is 0 Å². The number of aromatic hydroxyl groups is 1. The molecule has 4 N–H and O–H groups in total. The van der Waals surface area contributed by atoms with Gasteiger partial charge >= 0.3 is 7.75 Å². The summed E-state index contributed by atoms with van der Waals surface area (Å²) in [5, 5.41) is 19.5. The first-order chi connectivity index (χ1) is 10.8. The van der Waals surface area contributed by atoms with Gasteiger partial charge in [0.05, 0.1) is 5.71 Å². The zero-order chi connectivity index (χ0) is 17.0. The summed E-state index contributed by atoms with van der Waals surface area (Å²) in [4.78, 5) is 18.1. The second kappa shape index (κ2) is 7.13. The molecule has 0 radical (unpaired) electrons. The first kappa shape index (κ1) is 17.5. The van der Waals surface area contributed by atoms with Gasteiger partial charge < -0.3 is 20.0 Å². The lowest BCUT2D eigenvalue weighted by molar-refractivity contribution is 0.375. The number of nitrogens with zero attached hydrogens (tertiary/aromatic N) is 1. The zero-order valence-corrected chi connectivity index (χ0v) is 13.6. The van der Waals surface area contributed by atoms with Gasteiger partial charge in [-0.1, -0.05) is 25.1 Å². The SMILES string of the molecule is CC(CCC1=C(O)C=CCC1=NP(=O)(O)O)c1cccc(O)c1. The molecule has 1 aromatic carbocycles. The normalized spacial score (nSPS) is 18.5. The third-order valence-electron chi connectivity index (χ3n) is 3.76. The molecule has 23 heavy (non-hydrogen) atoms. The summed E-state index contributed by atoms with van der Waals surface area (Å²) in [7, 11) is -4.53. The third kappa shape index (κ3) is 5.06. The standard InChI is InChI=1S/C16H20NO5P/c1-11(12-4-2-5-13(18)10-12)8-9-14-15(17-23(20,21)22)6-3-7-16(14)19/h2-5,7,10-11,18-19H,6,8-9H2,1H3,(H2,20,21,22). The van der Waals surface area contributed by atoms with Gasteiger partial charge in [0.25, 0.3) is 0 Å². The van der Waals surface area contributed by atoms with Crippen molar-refractivity contribution in [3.8, 4) is 5.75 Å². The highest BCUT2D eigenvalue weighted by Crippen LogP contribution is 2.39. The van der Waals surface area contributed by atoms with E-state index < -0.39 is 7.75 Å². The lowest BCUT2D eigenvalue weighted by atomic mass is 9.90. The van der Waals surface area contributed by atoms with E-state index in [1.165, 1.54) is 6.08 Å². The fourth-order valence-corrected chi connectivity index (χ4v) is 3.06. The van der Waals surface area contributed by atoms with Gasteiger partial charge in [0.1, 0.15) is 11.5 Å². The third-order valence-corrected chi connectivity index (χ3v) is 4.26. The number of phenols is 1. The summed E-state index contributed by atoms with van der Waals surface area (Å²) >= 11 is 0. The average Bonchev–Trinajstić information content (AvgIpc) is 2.44. The van der Waals surface area contributed by atoms with Gasteiger partial charge in [-0.25, -0.2) is 4.57 Å². The molecule has 2 rings (SSSR count). The monoisotopic (exact) mass is 337 g/mol. The maximum Gasteiger partial charge on any atom is 0.448 e. The van der Waals surface area contributed by atoms with E-state index in [1.54, 1.807) is 24.3 Å². The number of hydrogen-bond donors (Lipinski definition) is 4. The molecule has 0 saturated heterocycles. The Bertz CT molecular complexity index is 717. The molecule has 1 aliphatic rings. The summed E-state index contributed by atoms with van der Waals surface area (Å²) in [6.07, 6.45) is 4.51. The second-order valence-electron chi connectivity index (χ2n) is 5.56. The highest BCUT2D eigenvalue weighted by atomic mass is 31.2. The molecule has 1 aromatic rings. The molecule has 0 spiro atoms. The van der Waals surface area contributed by atoms with Crippen LogP contribution in [0, 0.1) is 0 Å². The lowest BCUT2D eigenvalue weighted by Crippen LogP contribution is -2.10. The van der Waals surface area contributed by atoms with Gasteiger partial charge in [0.15, 0.2) is 0 Å². The number of allylic oxidation sites excluding steroid dienone is 3. The first-order valence-electron chi connectivity index (χ1n) is 7.29. The zero-order valence-electron chi connectivity index (χ0n) is 12.8. The molecule has 0 heterocycles. The van der Waals surface area contributed by atoms with Crippen molar-refractivity contribution in [3.05, 3.63) is 53.3 Å². The van der Waals surface area contributed by atoms with E-state index in [-0.39, 0.29) is 29.6 Å². The molecule has 1 atom stereocenters. The molecule has 124 valence electrons. The fourth-order valence-electron chi connectivity index (χ4n) is 2.54. The van der Waals surface area contributed by atoms with Crippen LogP contribution in [-0.4, -0.2) is 25.7 Å². The van der Waals surface area contributed by atoms with E-state index in [9.17, 15) is 14.8 Å². The van der Waals surface area contributed by atoms with E-state index in [1.807, 2.05) is 13.0 Å². The predicted molar refractivity (Wildman–Crippen MR) is 88.6 cm³/mol. The summed E-state index contributed by atoms with van der Waals surface area (Å²) < 4.78 is 14.5. The molecule has 6 nitrogen and oxygen atoms in total. The Hall–Kier alpha value is -1.88. The summed E-state index contributed by atoms with van der Waals surface area (Å²) in [5.74, 6) is 0.303. The predicted octanol–water partition coefficient (Wildman–Crippen LogP) is 3.58. The number of benzene rings is 1. The number of aliphatic hydroxyl groups excluding tert-OH is 1. The average molecular weight is 337 g/mol. The largest absolute Gasteiger partial charge is 0.508 e. The number of hydrogen-bond acceptors (Lipinski definition) is 3. The van der Waals surface area contributed by atoms with Crippen LogP contribution in [-0.2, 0) is 4.57 Å². The van der Waals surface area contributed by atoms with Crippen LogP contribution in [0.15, 0.2) is 52.5 Å². The number of aliphatic hydroxyl groups is 1. The summed E-state index contributed by atoms with van der Waals surface area (Å²) in [6.45, 7) is 1.99. The molecule has 0 bridgehead atoms. The van der Waals surface area contributed by atoms with Crippen LogP contribution < -0.4 is 0 Å². The molecule has 0 aliphatic heterocycles. The molecule has 1 unspecified atom stereocenters. The van der Waals surface area contributed by atoms with Crippen LogP contribution in [0.3, 0.4) is 0 Å². The van der Waals surface area contributed by atoms with E-state index in [0.29, 0.717) is 18.4 Å². The molecule has 0 fully saturated rings. The Morgan fingerprint density at radius 2 is 2.04 bits per heavy atom. The Kier molecular flexibility index (Phi) is 5.42. The van der Waals surface area contributed by atoms with E-state index in [0.717, 1.165) is 5.56 Å². The van der Waals surface area contributed by atoms with Crippen molar-refractivity contribution in [2.45, 2.75) is 32.1 Å². The Labute approximate surface area is 134 Å². The Morgan fingerprint density at radius 3 is 2.70 bits per heavy atom. The van der Waals surface area contributed by atoms with Crippen LogP contribution in [0.2, 0.25) is 0 Å². The van der Waals surface area contributed by atoms with E-state index in [2.05, 4.69) is 4.76 Å². The summed E-state index contributed by atoms with van der Waals surface area (Å²) in [6, 6.07) is 6.96. The van der Waals surface area contributed by atoms with Crippen molar-refractivity contribution in [3.63, 3.8) is 0 Å². The van der Waals surface area contributed by atoms with Crippen molar-refractivity contribution in [1.82, 2.24) is 0 Å². The molecule has 0 amide bonds. The van der Waals surface area contributed by atoms with Crippen LogP contribution in [0.1, 0.15) is 37.7 Å². The molecular weight excluding hydrogens is 317 g/mol. The minimum atomic E-state index is -4.53. The highest BCUT2D eigenvalue weighted by Gasteiger charge is 2.20. The van der Waals surface area contributed by atoms with Crippen molar-refractivity contribution in [2.75, 3.05) is 0 Å². The topological polar surface area (TPSA) is 110 Å². The Balaban J connectivity index is 2.15. The number of rotatable bonds is 5. The smallest absolute Gasteiger partial charge is 0.448 e. The van der Waals surface area contributed by atoms with Crippen molar-refractivity contribution in [1.29, 1.82) is 0 Å². The maximum absolute atomic E-state index is 11.1. The second-order valence-corrected chi connectivity index (χ2v) is 6.79. The van der Waals surface area contributed by atoms with Crippen molar-refractivity contribution < 1.29 is 24.6 Å². The number of phenolic OH excluding ortho intramolecular Hbond substituents is 1. The Morgan fingerprint density at radius 1 is 1.30 bits per heavy atom. The molecule has 0 saturated carbocycles. The van der Waals surface area contributed by atoms with Crippen LogP contribution in [0.4, 0.5) is 0 Å². The maximum atomic E-state index is 11.1. The minimum absolute atomic E-state index is 0.00782. The van der Waals surface area contributed by atoms with Crippen LogP contribution in [0.25, 0.3) is 0 Å². The lowest BCUT2D eigenvalue weighted by Gasteiger charge is -2.18. The van der Waals surface area contributed by atoms with Gasteiger partial charge in [0, 0.05) is 12.0 Å². The highest BCUT2D eigenvalue weighted by molar-refractivity contribution is 7.50. The molecule has 1 aliphatic carbocycles. The van der Waals surface area contributed by atoms with E-state index >= 15 is 0 Å². The van der Waals surface area contributed by atoms with Crippen molar-refractivity contribution >= 4 is 13.5 Å².